The van der Waals surface area contributed by atoms with Gasteiger partial charge in [-0.3, -0.25) is 0 Å². The number of nitrogens with zero attached hydrogens (tertiary/aromatic N) is 1. The summed E-state index contributed by atoms with van der Waals surface area (Å²) < 4.78 is 0. The SMILES string of the molecule is CC(N)CCCNc1ccc(C#N)cc1. The minimum atomic E-state index is 0.271. The standard InChI is InChI=1S/C12H17N3/c1-10(14)3-2-8-15-12-6-4-11(9-13)5-7-12/h4-7,10,15H,2-3,8,14H2,1H3. The third-order valence-corrected chi connectivity index (χ3v) is 2.18. The maximum atomic E-state index is 8.62. The van der Waals surface area contributed by atoms with Gasteiger partial charge in [0, 0.05) is 18.3 Å². The average molecular weight is 203 g/mol. The number of rotatable bonds is 5. The predicted molar refractivity (Wildman–Crippen MR) is 62.5 cm³/mol. The molecule has 0 aliphatic carbocycles. The van der Waals surface area contributed by atoms with E-state index in [4.69, 9.17) is 11.0 Å². The van der Waals surface area contributed by atoms with Gasteiger partial charge in [0.2, 0.25) is 0 Å². The first-order valence-electron chi connectivity index (χ1n) is 5.22. The maximum Gasteiger partial charge on any atom is 0.0991 e. The molecule has 0 spiro atoms. The van der Waals surface area contributed by atoms with Crippen molar-refractivity contribution in [1.82, 2.24) is 0 Å². The first kappa shape index (κ1) is 11.5. The van der Waals surface area contributed by atoms with E-state index in [1.165, 1.54) is 0 Å². The Bertz CT molecular complexity index is 322. The molecule has 0 aliphatic rings. The van der Waals surface area contributed by atoms with Crippen molar-refractivity contribution in [3.05, 3.63) is 29.8 Å². The minimum absolute atomic E-state index is 0.271. The smallest absolute Gasteiger partial charge is 0.0991 e. The van der Waals surface area contributed by atoms with Gasteiger partial charge in [-0.1, -0.05) is 0 Å². The second-order valence-corrected chi connectivity index (χ2v) is 3.74. The zero-order chi connectivity index (χ0) is 11.1. The first-order valence-corrected chi connectivity index (χ1v) is 5.22. The third kappa shape index (κ3) is 4.48. The molecular weight excluding hydrogens is 186 g/mol. The van der Waals surface area contributed by atoms with Crippen molar-refractivity contribution in [3.63, 3.8) is 0 Å². The lowest BCUT2D eigenvalue weighted by Gasteiger charge is -2.07. The number of nitriles is 1. The molecule has 1 rings (SSSR count). The summed E-state index contributed by atoms with van der Waals surface area (Å²) in [4.78, 5) is 0. The average Bonchev–Trinajstić information content (AvgIpc) is 2.25. The molecule has 3 nitrogen and oxygen atoms in total. The summed E-state index contributed by atoms with van der Waals surface area (Å²) >= 11 is 0. The molecular formula is C12H17N3. The van der Waals surface area contributed by atoms with Crippen molar-refractivity contribution < 1.29 is 0 Å². The van der Waals surface area contributed by atoms with E-state index in [9.17, 15) is 0 Å². The van der Waals surface area contributed by atoms with Gasteiger partial charge in [0.25, 0.3) is 0 Å². The number of nitrogens with one attached hydrogen (secondary N) is 1. The summed E-state index contributed by atoms with van der Waals surface area (Å²) in [6.45, 7) is 2.94. The van der Waals surface area contributed by atoms with Crippen molar-refractivity contribution in [2.45, 2.75) is 25.8 Å². The monoisotopic (exact) mass is 203 g/mol. The van der Waals surface area contributed by atoms with Crippen LogP contribution in [0.2, 0.25) is 0 Å². The van der Waals surface area contributed by atoms with Crippen LogP contribution in [0.15, 0.2) is 24.3 Å². The molecule has 0 bridgehead atoms. The van der Waals surface area contributed by atoms with Gasteiger partial charge in [0.1, 0.15) is 0 Å². The van der Waals surface area contributed by atoms with E-state index in [-0.39, 0.29) is 6.04 Å². The molecule has 0 saturated carbocycles. The van der Waals surface area contributed by atoms with Crippen LogP contribution in [0.1, 0.15) is 25.3 Å². The van der Waals surface area contributed by atoms with Gasteiger partial charge in [-0.25, -0.2) is 0 Å². The zero-order valence-electron chi connectivity index (χ0n) is 9.03. The Balaban J connectivity index is 2.29. The Hall–Kier alpha value is -1.53. The fourth-order valence-corrected chi connectivity index (χ4v) is 1.32. The van der Waals surface area contributed by atoms with E-state index >= 15 is 0 Å². The Labute approximate surface area is 90.9 Å². The Morgan fingerprint density at radius 3 is 2.60 bits per heavy atom. The van der Waals surface area contributed by atoms with Crippen molar-refractivity contribution in [2.24, 2.45) is 5.73 Å². The lowest BCUT2D eigenvalue weighted by Crippen LogP contribution is -2.16. The molecule has 1 aromatic carbocycles. The summed E-state index contributed by atoms with van der Waals surface area (Å²) in [5.41, 5.74) is 7.39. The second-order valence-electron chi connectivity index (χ2n) is 3.74. The summed E-state index contributed by atoms with van der Waals surface area (Å²) in [6, 6.07) is 9.83. The Kier molecular flexibility index (Phi) is 4.65. The van der Waals surface area contributed by atoms with Crippen LogP contribution in [0.3, 0.4) is 0 Å². The highest BCUT2D eigenvalue weighted by atomic mass is 14.9. The van der Waals surface area contributed by atoms with Gasteiger partial charge in [-0.2, -0.15) is 5.26 Å². The number of nitrogens with two attached hydrogens (primary N) is 1. The number of hydrogen-bond donors (Lipinski definition) is 2. The highest BCUT2D eigenvalue weighted by molar-refractivity contribution is 5.46. The fourth-order valence-electron chi connectivity index (χ4n) is 1.32. The molecule has 1 aromatic rings. The molecule has 0 aromatic heterocycles. The van der Waals surface area contributed by atoms with E-state index in [1.807, 2.05) is 31.2 Å². The van der Waals surface area contributed by atoms with Gasteiger partial charge >= 0.3 is 0 Å². The highest BCUT2D eigenvalue weighted by Gasteiger charge is 1.95. The summed E-state index contributed by atoms with van der Waals surface area (Å²) in [5.74, 6) is 0. The molecule has 0 amide bonds. The van der Waals surface area contributed by atoms with Crippen LogP contribution in [-0.2, 0) is 0 Å². The summed E-state index contributed by atoms with van der Waals surface area (Å²) in [7, 11) is 0. The van der Waals surface area contributed by atoms with E-state index in [1.54, 1.807) is 0 Å². The van der Waals surface area contributed by atoms with Crippen LogP contribution in [-0.4, -0.2) is 12.6 Å². The van der Waals surface area contributed by atoms with Crippen LogP contribution < -0.4 is 11.1 Å². The van der Waals surface area contributed by atoms with Crippen LogP contribution in [0.5, 0.6) is 0 Å². The molecule has 3 N–H and O–H groups in total. The quantitative estimate of drug-likeness (QED) is 0.720. The van der Waals surface area contributed by atoms with E-state index in [2.05, 4.69) is 11.4 Å². The fraction of sp³-hybridized carbons (Fsp3) is 0.417. The van der Waals surface area contributed by atoms with Gasteiger partial charge in [-0.15, -0.1) is 0 Å². The molecule has 3 heteroatoms. The van der Waals surface area contributed by atoms with Gasteiger partial charge < -0.3 is 11.1 Å². The van der Waals surface area contributed by atoms with Crippen molar-refractivity contribution >= 4 is 5.69 Å². The van der Waals surface area contributed by atoms with Crippen molar-refractivity contribution in [1.29, 1.82) is 5.26 Å². The summed E-state index contributed by atoms with van der Waals surface area (Å²) in [5, 5.41) is 11.9. The lowest BCUT2D eigenvalue weighted by atomic mass is 10.2. The maximum absolute atomic E-state index is 8.62. The summed E-state index contributed by atoms with van der Waals surface area (Å²) in [6.07, 6.45) is 2.10. The second kappa shape index (κ2) is 6.05. The predicted octanol–water partition coefficient (Wildman–Crippen LogP) is 2.10. The third-order valence-electron chi connectivity index (χ3n) is 2.18. The molecule has 15 heavy (non-hydrogen) atoms. The van der Waals surface area contributed by atoms with E-state index in [0.29, 0.717) is 5.56 Å². The van der Waals surface area contributed by atoms with Gasteiger partial charge in [-0.05, 0) is 44.0 Å². The molecule has 0 aliphatic heterocycles. The normalized spacial score (nSPS) is 11.8. The molecule has 0 saturated heterocycles. The lowest BCUT2D eigenvalue weighted by molar-refractivity contribution is 0.639. The molecule has 0 heterocycles. The molecule has 0 fully saturated rings. The van der Waals surface area contributed by atoms with Crippen LogP contribution in [0.4, 0.5) is 5.69 Å². The molecule has 1 unspecified atom stereocenters. The number of anilines is 1. The zero-order valence-corrected chi connectivity index (χ0v) is 9.03. The molecule has 80 valence electrons. The van der Waals surface area contributed by atoms with Crippen molar-refractivity contribution in [3.8, 4) is 6.07 Å². The molecule has 0 radical (unpaired) electrons. The number of benzene rings is 1. The Morgan fingerprint density at radius 1 is 1.40 bits per heavy atom. The first-order chi connectivity index (χ1) is 7.22. The van der Waals surface area contributed by atoms with Crippen LogP contribution >= 0.6 is 0 Å². The topological polar surface area (TPSA) is 61.8 Å². The molecule has 1 atom stereocenters. The largest absolute Gasteiger partial charge is 0.385 e. The number of hydrogen-bond acceptors (Lipinski definition) is 3. The van der Waals surface area contributed by atoms with E-state index in [0.717, 1.165) is 25.1 Å². The Morgan fingerprint density at radius 2 is 2.07 bits per heavy atom. The van der Waals surface area contributed by atoms with Crippen LogP contribution in [0, 0.1) is 11.3 Å². The van der Waals surface area contributed by atoms with Crippen LogP contribution in [0.25, 0.3) is 0 Å². The van der Waals surface area contributed by atoms with Gasteiger partial charge in [0.05, 0.1) is 11.6 Å². The van der Waals surface area contributed by atoms with Gasteiger partial charge in [0.15, 0.2) is 0 Å². The van der Waals surface area contributed by atoms with E-state index < -0.39 is 0 Å². The van der Waals surface area contributed by atoms with Crippen molar-refractivity contribution in [2.75, 3.05) is 11.9 Å². The highest BCUT2D eigenvalue weighted by Crippen LogP contribution is 2.08. The minimum Gasteiger partial charge on any atom is -0.385 e.